The summed E-state index contributed by atoms with van der Waals surface area (Å²) in [5, 5.41) is 18.7. The first-order valence-electron chi connectivity index (χ1n) is 10.1. The highest BCUT2D eigenvalue weighted by Crippen LogP contribution is 2.28. The molecule has 0 radical (unpaired) electrons. The summed E-state index contributed by atoms with van der Waals surface area (Å²) in [5.74, 6) is 0.192. The summed E-state index contributed by atoms with van der Waals surface area (Å²) in [6.45, 7) is 6.28. The Labute approximate surface area is 177 Å². The predicted octanol–water partition coefficient (Wildman–Crippen LogP) is 5.07. The number of carboxylic acids is 1. The van der Waals surface area contributed by atoms with Gasteiger partial charge in [0, 0.05) is 23.5 Å². The van der Waals surface area contributed by atoms with Gasteiger partial charge in [-0.05, 0) is 47.1 Å². The maximum Gasteiger partial charge on any atom is 0.307 e. The first kappa shape index (κ1) is 21.2. The van der Waals surface area contributed by atoms with Crippen LogP contribution in [0.4, 0.5) is 0 Å². The fraction of sp³-hybridized carbons (Fsp3) is 0.280. The third-order valence-electron chi connectivity index (χ3n) is 5.05. The first-order chi connectivity index (χ1) is 14.4. The third kappa shape index (κ3) is 4.72. The lowest BCUT2D eigenvalue weighted by Gasteiger charge is -2.13. The minimum absolute atomic E-state index is 0.00435. The van der Waals surface area contributed by atoms with Crippen LogP contribution in [0.5, 0.6) is 0 Å². The smallest absolute Gasteiger partial charge is 0.307 e. The number of nitriles is 1. The second-order valence-corrected chi connectivity index (χ2v) is 7.74. The quantitative estimate of drug-likeness (QED) is 0.599. The van der Waals surface area contributed by atoms with Gasteiger partial charge in [-0.3, -0.25) is 4.79 Å². The van der Waals surface area contributed by atoms with E-state index in [1.165, 1.54) is 0 Å². The van der Waals surface area contributed by atoms with Gasteiger partial charge >= 0.3 is 5.97 Å². The van der Waals surface area contributed by atoms with Crippen molar-refractivity contribution in [2.45, 2.75) is 40.0 Å². The Bertz CT molecular complexity index is 1100. The molecule has 0 amide bonds. The maximum absolute atomic E-state index is 11.2. The van der Waals surface area contributed by atoms with Crippen molar-refractivity contribution in [1.29, 1.82) is 5.26 Å². The standard InChI is InChI=1S/C25H25N3O2/c1-4-22-18(12-24(29)30)6-5-7-23(22)21-14-27-25(28-15-21)19-9-8-17(10-16(2)3)20(11-19)13-26/h5-9,11,14-16H,4,10,12H2,1-3H3,(H,29,30). The molecule has 0 bridgehead atoms. The molecule has 3 aromatic rings. The summed E-state index contributed by atoms with van der Waals surface area (Å²) in [7, 11) is 0. The van der Waals surface area contributed by atoms with Crippen molar-refractivity contribution in [2.75, 3.05) is 0 Å². The van der Waals surface area contributed by atoms with Gasteiger partial charge in [-0.1, -0.05) is 51.1 Å². The second-order valence-electron chi connectivity index (χ2n) is 7.74. The molecular weight excluding hydrogens is 374 g/mol. The van der Waals surface area contributed by atoms with Crippen molar-refractivity contribution in [3.8, 4) is 28.6 Å². The molecule has 0 spiro atoms. The molecule has 152 valence electrons. The Kier molecular flexibility index (Phi) is 6.58. The lowest BCUT2D eigenvalue weighted by atomic mass is 9.93. The van der Waals surface area contributed by atoms with Crippen LogP contribution in [0.3, 0.4) is 0 Å². The number of aliphatic carboxylic acids is 1. The molecule has 1 N–H and O–H groups in total. The number of benzene rings is 2. The van der Waals surface area contributed by atoms with E-state index in [1.54, 1.807) is 12.4 Å². The number of nitrogens with zero attached hydrogens (tertiary/aromatic N) is 3. The minimum atomic E-state index is -0.845. The van der Waals surface area contributed by atoms with Crippen LogP contribution >= 0.6 is 0 Å². The average Bonchev–Trinajstić information content (AvgIpc) is 2.73. The largest absolute Gasteiger partial charge is 0.481 e. The Morgan fingerprint density at radius 3 is 2.43 bits per heavy atom. The number of rotatable bonds is 7. The molecule has 0 aliphatic heterocycles. The van der Waals surface area contributed by atoms with Crippen LogP contribution in [-0.4, -0.2) is 21.0 Å². The predicted molar refractivity (Wildman–Crippen MR) is 117 cm³/mol. The summed E-state index contributed by atoms with van der Waals surface area (Å²) in [6, 6.07) is 13.8. The molecule has 3 rings (SSSR count). The van der Waals surface area contributed by atoms with E-state index in [4.69, 9.17) is 0 Å². The molecule has 0 fully saturated rings. The van der Waals surface area contributed by atoms with Crippen LogP contribution in [0.15, 0.2) is 48.8 Å². The van der Waals surface area contributed by atoms with Crippen LogP contribution in [0.2, 0.25) is 0 Å². The first-order valence-corrected chi connectivity index (χ1v) is 10.1. The average molecular weight is 399 g/mol. The zero-order valence-electron chi connectivity index (χ0n) is 17.5. The van der Waals surface area contributed by atoms with Crippen molar-refractivity contribution in [2.24, 2.45) is 5.92 Å². The van der Waals surface area contributed by atoms with Gasteiger partial charge in [-0.25, -0.2) is 9.97 Å². The van der Waals surface area contributed by atoms with E-state index < -0.39 is 5.97 Å². The topological polar surface area (TPSA) is 86.9 Å². The van der Waals surface area contributed by atoms with Crippen molar-refractivity contribution in [3.63, 3.8) is 0 Å². The lowest BCUT2D eigenvalue weighted by molar-refractivity contribution is -0.136. The molecule has 5 nitrogen and oxygen atoms in total. The van der Waals surface area contributed by atoms with Gasteiger partial charge in [0.1, 0.15) is 0 Å². The van der Waals surface area contributed by atoms with E-state index in [-0.39, 0.29) is 6.42 Å². The molecule has 5 heteroatoms. The highest BCUT2D eigenvalue weighted by atomic mass is 16.4. The van der Waals surface area contributed by atoms with Crippen molar-refractivity contribution in [1.82, 2.24) is 9.97 Å². The Hall–Kier alpha value is -3.52. The highest BCUT2D eigenvalue weighted by molar-refractivity contribution is 5.74. The fourth-order valence-corrected chi connectivity index (χ4v) is 3.70. The number of hydrogen-bond acceptors (Lipinski definition) is 4. The summed E-state index contributed by atoms with van der Waals surface area (Å²) in [5.41, 5.74) is 6.11. The molecule has 1 heterocycles. The van der Waals surface area contributed by atoms with Crippen LogP contribution in [0.25, 0.3) is 22.5 Å². The molecule has 1 aromatic heterocycles. The Morgan fingerprint density at radius 2 is 1.83 bits per heavy atom. The molecule has 0 aliphatic rings. The molecule has 0 saturated heterocycles. The molecule has 30 heavy (non-hydrogen) atoms. The van der Waals surface area contributed by atoms with E-state index in [0.29, 0.717) is 17.3 Å². The Morgan fingerprint density at radius 1 is 1.10 bits per heavy atom. The molecule has 0 saturated carbocycles. The van der Waals surface area contributed by atoms with E-state index in [0.717, 1.165) is 46.2 Å². The van der Waals surface area contributed by atoms with Gasteiger partial charge in [0.2, 0.25) is 0 Å². The highest BCUT2D eigenvalue weighted by Gasteiger charge is 2.13. The summed E-state index contributed by atoms with van der Waals surface area (Å²) in [6.07, 6.45) is 5.10. The van der Waals surface area contributed by atoms with Crippen molar-refractivity contribution < 1.29 is 9.90 Å². The van der Waals surface area contributed by atoms with Crippen molar-refractivity contribution >= 4 is 5.97 Å². The van der Waals surface area contributed by atoms with Gasteiger partial charge in [0.05, 0.1) is 18.1 Å². The zero-order chi connectivity index (χ0) is 21.7. The molecule has 2 aromatic carbocycles. The fourth-order valence-electron chi connectivity index (χ4n) is 3.70. The van der Waals surface area contributed by atoms with E-state index in [1.807, 2.05) is 43.3 Å². The number of carboxylic acid groups (broad SMARTS) is 1. The van der Waals surface area contributed by atoms with Gasteiger partial charge in [0.15, 0.2) is 5.82 Å². The third-order valence-corrected chi connectivity index (χ3v) is 5.05. The molecule has 0 aliphatic carbocycles. The molecule has 0 unspecified atom stereocenters. The SMILES string of the molecule is CCc1c(CC(=O)O)cccc1-c1cnc(-c2ccc(CC(C)C)c(C#N)c2)nc1. The lowest BCUT2D eigenvalue weighted by Crippen LogP contribution is -2.04. The van der Waals surface area contributed by atoms with E-state index >= 15 is 0 Å². The summed E-state index contributed by atoms with van der Waals surface area (Å²) < 4.78 is 0. The van der Waals surface area contributed by atoms with E-state index in [9.17, 15) is 15.2 Å². The molecular formula is C25H25N3O2. The number of carbonyl (C=O) groups is 1. The van der Waals surface area contributed by atoms with Crippen molar-refractivity contribution in [3.05, 3.63) is 71.0 Å². The molecule has 0 atom stereocenters. The Balaban J connectivity index is 1.95. The van der Waals surface area contributed by atoms with Crippen LogP contribution < -0.4 is 0 Å². The van der Waals surface area contributed by atoms with Crippen LogP contribution in [0.1, 0.15) is 43.0 Å². The van der Waals surface area contributed by atoms with E-state index in [2.05, 4.69) is 29.9 Å². The van der Waals surface area contributed by atoms with Gasteiger partial charge < -0.3 is 5.11 Å². The normalized spacial score (nSPS) is 10.8. The summed E-state index contributed by atoms with van der Waals surface area (Å²) in [4.78, 5) is 20.2. The minimum Gasteiger partial charge on any atom is -0.481 e. The van der Waals surface area contributed by atoms with Gasteiger partial charge in [0.25, 0.3) is 0 Å². The summed E-state index contributed by atoms with van der Waals surface area (Å²) >= 11 is 0. The van der Waals surface area contributed by atoms with Crippen LogP contribution in [-0.2, 0) is 24.1 Å². The van der Waals surface area contributed by atoms with Gasteiger partial charge in [-0.15, -0.1) is 0 Å². The number of hydrogen-bond donors (Lipinski definition) is 1. The maximum atomic E-state index is 11.2. The van der Waals surface area contributed by atoms with Gasteiger partial charge in [-0.2, -0.15) is 5.26 Å². The number of aromatic nitrogens is 2. The monoisotopic (exact) mass is 399 g/mol. The second kappa shape index (κ2) is 9.32. The van der Waals surface area contributed by atoms with Crippen LogP contribution in [0, 0.1) is 17.2 Å². The zero-order valence-corrected chi connectivity index (χ0v) is 17.5.